The number of nitrogen functional groups attached to an aromatic ring is 1. The average molecular weight is 178 g/mol. The van der Waals surface area contributed by atoms with Crippen molar-refractivity contribution < 1.29 is 5.11 Å². The molecule has 0 spiro atoms. The third-order valence-electron chi connectivity index (χ3n) is 1.40. The number of anilines is 1. The van der Waals surface area contributed by atoms with Crippen LogP contribution in [0.5, 0.6) is 0 Å². The lowest BCUT2D eigenvalue weighted by Gasteiger charge is -1.91. The van der Waals surface area contributed by atoms with Gasteiger partial charge in [-0.2, -0.15) is 0 Å². The molecule has 1 aromatic rings. The van der Waals surface area contributed by atoms with Crippen LogP contribution in [-0.2, 0) is 0 Å². The van der Waals surface area contributed by atoms with E-state index in [1.807, 2.05) is 0 Å². The van der Waals surface area contributed by atoms with E-state index in [2.05, 4.69) is 16.8 Å². The highest BCUT2D eigenvalue weighted by Gasteiger charge is 1.93. The molecule has 0 aliphatic rings. The minimum Gasteiger partial charge on any atom is -0.395 e. The zero-order valence-electron chi connectivity index (χ0n) is 7.00. The highest BCUT2D eigenvalue weighted by molar-refractivity contribution is 5.43. The summed E-state index contributed by atoms with van der Waals surface area (Å²) in [7, 11) is 0. The Balaban J connectivity index is 2.87. The lowest BCUT2D eigenvalue weighted by atomic mass is 10.2. The molecule has 68 valence electrons. The van der Waals surface area contributed by atoms with Gasteiger partial charge in [0.25, 0.3) is 5.56 Å². The van der Waals surface area contributed by atoms with Crippen molar-refractivity contribution in [2.24, 2.45) is 0 Å². The number of H-pyrrole nitrogens is 1. The predicted molar refractivity (Wildman–Crippen MR) is 50.1 cm³/mol. The van der Waals surface area contributed by atoms with Crippen molar-refractivity contribution in [2.45, 2.75) is 6.42 Å². The van der Waals surface area contributed by atoms with Gasteiger partial charge < -0.3 is 15.8 Å². The van der Waals surface area contributed by atoms with E-state index in [-0.39, 0.29) is 17.9 Å². The lowest BCUT2D eigenvalue weighted by molar-refractivity contribution is 0.305. The summed E-state index contributed by atoms with van der Waals surface area (Å²) in [5.74, 6) is 5.47. The van der Waals surface area contributed by atoms with E-state index in [1.165, 1.54) is 12.3 Å². The third-order valence-corrected chi connectivity index (χ3v) is 1.40. The molecule has 0 bridgehead atoms. The summed E-state index contributed by atoms with van der Waals surface area (Å²) >= 11 is 0. The normalized spacial score (nSPS) is 9.00. The van der Waals surface area contributed by atoms with Crippen molar-refractivity contribution in [2.75, 3.05) is 12.3 Å². The van der Waals surface area contributed by atoms with E-state index in [1.54, 1.807) is 0 Å². The Morgan fingerprint density at radius 1 is 1.62 bits per heavy atom. The molecule has 4 heteroatoms. The molecular weight excluding hydrogens is 168 g/mol. The summed E-state index contributed by atoms with van der Waals surface area (Å²) < 4.78 is 0. The summed E-state index contributed by atoms with van der Waals surface area (Å²) in [6.45, 7) is 0.0336. The monoisotopic (exact) mass is 178 g/mol. The number of aliphatic hydroxyl groups is 1. The summed E-state index contributed by atoms with van der Waals surface area (Å²) in [5.41, 5.74) is 5.84. The Bertz CT molecular complexity index is 398. The first kappa shape index (κ1) is 9.36. The number of hydrogen-bond donors (Lipinski definition) is 3. The third kappa shape index (κ3) is 2.65. The second kappa shape index (κ2) is 4.33. The lowest BCUT2D eigenvalue weighted by Crippen LogP contribution is -2.10. The van der Waals surface area contributed by atoms with Gasteiger partial charge in [-0.3, -0.25) is 4.79 Å². The number of hydrogen-bond acceptors (Lipinski definition) is 3. The minimum absolute atomic E-state index is 0.0336. The average Bonchev–Trinajstić information content (AvgIpc) is 2.12. The molecular formula is C9H10N2O2. The number of pyridine rings is 1. The number of aromatic amines is 1. The largest absolute Gasteiger partial charge is 0.395 e. The van der Waals surface area contributed by atoms with Crippen molar-refractivity contribution in [3.63, 3.8) is 0 Å². The molecule has 0 atom stereocenters. The number of nitrogens with one attached hydrogen (secondary N) is 1. The highest BCUT2D eigenvalue weighted by Crippen LogP contribution is 1.96. The molecule has 0 saturated heterocycles. The van der Waals surface area contributed by atoms with Gasteiger partial charge in [-0.15, -0.1) is 0 Å². The first-order chi connectivity index (χ1) is 6.24. The van der Waals surface area contributed by atoms with Crippen LogP contribution in [0, 0.1) is 11.8 Å². The standard InChI is InChI=1S/C9H10N2O2/c10-8-5-7(3-1-2-4-12)6-11-9(8)13/h5-6,12H,2,4,10H2,(H,11,13). The molecule has 0 aliphatic carbocycles. The van der Waals surface area contributed by atoms with E-state index in [0.29, 0.717) is 12.0 Å². The Hall–Kier alpha value is -1.73. The Morgan fingerprint density at radius 2 is 2.38 bits per heavy atom. The van der Waals surface area contributed by atoms with Gasteiger partial charge in [-0.05, 0) is 6.07 Å². The van der Waals surface area contributed by atoms with Crippen molar-refractivity contribution in [1.29, 1.82) is 0 Å². The van der Waals surface area contributed by atoms with E-state index in [9.17, 15) is 4.79 Å². The summed E-state index contributed by atoms with van der Waals surface area (Å²) in [5, 5.41) is 8.46. The van der Waals surface area contributed by atoms with Crippen molar-refractivity contribution in [1.82, 2.24) is 4.98 Å². The molecule has 4 N–H and O–H groups in total. The van der Waals surface area contributed by atoms with Gasteiger partial charge in [0.2, 0.25) is 0 Å². The summed E-state index contributed by atoms with van der Waals surface area (Å²) in [6, 6.07) is 1.50. The fourth-order valence-electron chi connectivity index (χ4n) is 0.794. The SMILES string of the molecule is Nc1cc(C#CCCO)c[nH]c1=O. The van der Waals surface area contributed by atoms with Gasteiger partial charge in [0.15, 0.2) is 0 Å². The Morgan fingerprint density at radius 3 is 3.00 bits per heavy atom. The van der Waals surface area contributed by atoms with Crippen molar-refractivity contribution >= 4 is 5.69 Å². The van der Waals surface area contributed by atoms with Crippen LogP contribution in [0.15, 0.2) is 17.1 Å². The second-order valence-electron chi connectivity index (χ2n) is 2.45. The van der Waals surface area contributed by atoms with Crippen LogP contribution >= 0.6 is 0 Å². The van der Waals surface area contributed by atoms with Crippen LogP contribution < -0.4 is 11.3 Å². The molecule has 0 aliphatic heterocycles. The first-order valence-corrected chi connectivity index (χ1v) is 3.82. The molecule has 1 aromatic heterocycles. The molecule has 1 heterocycles. The maximum absolute atomic E-state index is 10.8. The molecule has 1 rings (SSSR count). The number of rotatable bonds is 1. The topological polar surface area (TPSA) is 79.1 Å². The number of nitrogens with two attached hydrogens (primary N) is 1. The van der Waals surface area contributed by atoms with Crippen molar-refractivity contribution in [3.05, 3.63) is 28.2 Å². The molecule has 0 aromatic carbocycles. The second-order valence-corrected chi connectivity index (χ2v) is 2.45. The summed E-state index contributed by atoms with van der Waals surface area (Å²) in [4.78, 5) is 13.3. The van der Waals surface area contributed by atoms with E-state index in [4.69, 9.17) is 10.8 Å². The quantitative estimate of drug-likeness (QED) is 0.516. The van der Waals surface area contributed by atoms with Crippen LogP contribution in [0.2, 0.25) is 0 Å². The molecule has 0 unspecified atom stereocenters. The van der Waals surface area contributed by atoms with Crippen LogP contribution in [0.25, 0.3) is 0 Å². The maximum atomic E-state index is 10.8. The number of aromatic nitrogens is 1. The van der Waals surface area contributed by atoms with E-state index in [0.717, 1.165) is 0 Å². The minimum atomic E-state index is -0.312. The van der Waals surface area contributed by atoms with Gasteiger partial charge in [-0.25, -0.2) is 0 Å². The van der Waals surface area contributed by atoms with Gasteiger partial charge in [0.1, 0.15) is 0 Å². The molecule has 0 amide bonds. The van der Waals surface area contributed by atoms with Gasteiger partial charge in [0.05, 0.1) is 12.3 Å². The van der Waals surface area contributed by atoms with Gasteiger partial charge in [-0.1, -0.05) is 11.8 Å². The smallest absolute Gasteiger partial charge is 0.271 e. The van der Waals surface area contributed by atoms with E-state index >= 15 is 0 Å². The highest BCUT2D eigenvalue weighted by atomic mass is 16.2. The Kier molecular flexibility index (Phi) is 3.12. The summed E-state index contributed by atoms with van der Waals surface area (Å²) in [6.07, 6.45) is 1.90. The van der Waals surface area contributed by atoms with Crippen LogP contribution in [-0.4, -0.2) is 16.7 Å². The molecule has 0 radical (unpaired) electrons. The fraction of sp³-hybridized carbons (Fsp3) is 0.222. The van der Waals surface area contributed by atoms with Crippen LogP contribution in [0.4, 0.5) is 5.69 Å². The zero-order chi connectivity index (χ0) is 9.68. The Labute approximate surface area is 75.4 Å². The van der Waals surface area contributed by atoms with Crippen molar-refractivity contribution in [3.8, 4) is 11.8 Å². The fourth-order valence-corrected chi connectivity index (χ4v) is 0.794. The van der Waals surface area contributed by atoms with Gasteiger partial charge in [0, 0.05) is 18.2 Å². The molecule has 0 saturated carbocycles. The first-order valence-electron chi connectivity index (χ1n) is 3.82. The molecule has 13 heavy (non-hydrogen) atoms. The van der Waals surface area contributed by atoms with Crippen LogP contribution in [0.1, 0.15) is 12.0 Å². The van der Waals surface area contributed by atoms with Gasteiger partial charge >= 0.3 is 0 Å². The molecule has 0 fully saturated rings. The predicted octanol–water partition coefficient (Wildman–Crippen LogP) is -0.309. The van der Waals surface area contributed by atoms with E-state index < -0.39 is 0 Å². The number of aliphatic hydroxyl groups excluding tert-OH is 1. The van der Waals surface area contributed by atoms with Crippen LogP contribution in [0.3, 0.4) is 0 Å². The molecule has 4 nitrogen and oxygen atoms in total. The zero-order valence-corrected chi connectivity index (χ0v) is 7.00. The maximum Gasteiger partial charge on any atom is 0.271 e.